The molecule has 0 aliphatic carbocycles. The van der Waals surface area contributed by atoms with E-state index in [9.17, 15) is 0 Å². The fourth-order valence-corrected chi connectivity index (χ4v) is 2.44. The van der Waals surface area contributed by atoms with Gasteiger partial charge in [0.2, 0.25) is 9.23 Å². The van der Waals surface area contributed by atoms with Gasteiger partial charge in [-0.1, -0.05) is 0 Å². The fourth-order valence-electron chi connectivity index (χ4n) is 0.939. The molecule has 0 bridgehead atoms. The number of rotatable bonds is 2. The quantitative estimate of drug-likeness (QED) is 0.612. The van der Waals surface area contributed by atoms with Crippen LogP contribution in [-0.4, -0.2) is 19.3 Å². The summed E-state index contributed by atoms with van der Waals surface area (Å²) in [6.45, 7) is 3.95. The third-order valence-corrected chi connectivity index (χ3v) is 3.91. The molecule has 2 rings (SSSR count). The molecule has 0 atom stereocenters. The first kappa shape index (κ1) is 20.2. The van der Waals surface area contributed by atoms with E-state index in [0.717, 1.165) is 21.4 Å². The van der Waals surface area contributed by atoms with E-state index in [-0.39, 0.29) is 6.61 Å². The van der Waals surface area contributed by atoms with Gasteiger partial charge in [0.1, 0.15) is 10.0 Å². The van der Waals surface area contributed by atoms with Gasteiger partial charge in [-0.25, -0.2) is 14.2 Å². The van der Waals surface area contributed by atoms with E-state index in [0.29, 0.717) is 5.88 Å². The molecule has 0 aliphatic heterocycles. The van der Waals surface area contributed by atoms with E-state index in [4.69, 9.17) is 20.9 Å². The molecule has 0 unspecified atom stereocenters. The second kappa shape index (κ2) is 11.9. The summed E-state index contributed by atoms with van der Waals surface area (Å²) in [7, 11) is 7.36. The predicted molar refractivity (Wildman–Crippen MR) is 89.0 cm³/mol. The molecule has 0 saturated heterocycles. The van der Waals surface area contributed by atoms with Crippen molar-refractivity contribution in [3.63, 3.8) is 0 Å². The molecule has 1 N–H and O–H groups in total. The minimum absolute atomic E-state index is 0.0680. The Morgan fingerprint density at radius 3 is 1.70 bits per heavy atom. The zero-order valence-electron chi connectivity index (χ0n) is 10.7. The Bertz CT molecular complexity index is 475. The zero-order chi connectivity index (χ0) is 15.5. The Balaban J connectivity index is 0.000000289. The van der Waals surface area contributed by atoms with Crippen LogP contribution in [0, 0.1) is 13.8 Å². The van der Waals surface area contributed by atoms with Gasteiger partial charge in [-0.3, -0.25) is 0 Å². The number of aryl methyl sites for hydroxylation is 2. The van der Waals surface area contributed by atoms with E-state index < -0.39 is 9.23 Å². The molecule has 0 aromatic carbocycles. The summed E-state index contributed by atoms with van der Waals surface area (Å²) < 4.78 is 9.09. The Labute approximate surface area is 142 Å². The fraction of sp³-hybridized carbons (Fsp3) is 0.400. The number of halogens is 3. The Hall–Kier alpha value is 0.240. The minimum Gasteiger partial charge on any atom is -0.389 e. The highest BCUT2D eigenvalue weighted by Gasteiger charge is 1.93. The van der Waals surface area contributed by atoms with Crippen molar-refractivity contribution in [1.82, 2.24) is 9.97 Å². The van der Waals surface area contributed by atoms with Crippen molar-refractivity contribution >= 4 is 64.9 Å². The van der Waals surface area contributed by atoms with Crippen molar-refractivity contribution in [3.05, 3.63) is 32.2 Å². The first-order valence-electron chi connectivity index (χ1n) is 5.12. The van der Waals surface area contributed by atoms with Crippen LogP contribution >= 0.6 is 55.6 Å². The molecule has 20 heavy (non-hydrogen) atoms. The maximum absolute atomic E-state index is 9.09. The molecule has 10 heteroatoms. The molecule has 0 amide bonds. The van der Waals surface area contributed by atoms with Gasteiger partial charge in [-0.15, -0.1) is 34.3 Å². The van der Waals surface area contributed by atoms with Gasteiger partial charge < -0.3 is 5.11 Å². The van der Waals surface area contributed by atoms with Gasteiger partial charge in [-0.05, 0) is 13.8 Å². The van der Waals surface area contributed by atoms with E-state index in [2.05, 4.69) is 31.3 Å². The Morgan fingerprint density at radius 1 is 1.15 bits per heavy atom. The molecule has 2 aromatic heterocycles. The van der Waals surface area contributed by atoms with Crippen molar-refractivity contribution < 1.29 is 9.32 Å². The minimum atomic E-state index is -1.67. The monoisotopic (exact) mass is 394 g/mol. The number of alkyl halides is 1. The number of aliphatic hydroxyl groups excluding tert-OH is 1. The highest BCUT2D eigenvalue weighted by molar-refractivity contribution is 8.26. The zero-order valence-corrected chi connectivity index (χ0v) is 15.4. The lowest BCUT2D eigenvalue weighted by atomic mass is 10.6. The lowest BCUT2D eigenvalue weighted by Crippen LogP contribution is -1.78. The smallest absolute Gasteiger partial charge is 0.211 e. The van der Waals surface area contributed by atoms with Crippen molar-refractivity contribution in [3.8, 4) is 0 Å². The van der Waals surface area contributed by atoms with Crippen molar-refractivity contribution in [2.75, 3.05) is 0 Å². The molecule has 4 nitrogen and oxygen atoms in total. The van der Waals surface area contributed by atoms with Crippen LogP contribution < -0.4 is 0 Å². The van der Waals surface area contributed by atoms with Crippen LogP contribution in [0.3, 0.4) is 0 Å². The number of thiazole rings is 2. The van der Waals surface area contributed by atoms with Crippen molar-refractivity contribution in [2.45, 2.75) is 26.3 Å². The summed E-state index contributed by atoms with van der Waals surface area (Å²) in [5, 5.41) is 14.2. The Kier molecular flexibility index (Phi) is 12.0. The number of hydrogen-bond acceptors (Lipinski definition) is 6. The second-order valence-electron chi connectivity index (χ2n) is 3.24. The largest absolute Gasteiger partial charge is 0.389 e. The molecule has 0 radical (unpaired) electrons. The molecule has 2 heterocycles. The lowest BCUT2D eigenvalue weighted by molar-refractivity contribution is 0.281. The van der Waals surface area contributed by atoms with Crippen LogP contribution in [0.2, 0.25) is 0 Å². The molecule has 0 fully saturated rings. The van der Waals surface area contributed by atoms with Crippen LogP contribution in [-0.2, 0) is 21.7 Å². The van der Waals surface area contributed by atoms with Crippen molar-refractivity contribution in [1.29, 1.82) is 0 Å². The highest BCUT2D eigenvalue weighted by Crippen LogP contribution is 2.10. The van der Waals surface area contributed by atoms with Crippen LogP contribution in [0.1, 0.15) is 21.4 Å². The Morgan fingerprint density at radius 2 is 1.55 bits per heavy atom. The highest BCUT2D eigenvalue weighted by atomic mass is 36.0. The van der Waals surface area contributed by atoms with Gasteiger partial charge >= 0.3 is 0 Å². The molecular formula is C10H13Cl3N2O2S3. The van der Waals surface area contributed by atoms with Crippen LogP contribution in [0.4, 0.5) is 0 Å². The molecule has 0 aliphatic rings. The molecular weight excluding hydrogens is 383 g/mol. The van der Waals surface area contributed by atoms with E-state index in [1.54, 1.807) is 11.3 Å². The van der Waals surface area contributed by atoms with Crippen LogP contribution in [0.5, 0.6) is 0 Å². The number of aliphatic hydroxyl groups is 1. The predicted octanol–water partition coefficient (Wildman–Crippen LogP) is 4.18. The summed E-state index contributed by atoms with van der Waals surface area (Å²) in [6.07, 6.45) is 0. The van der Waals surface area contributed by atoms with Gasteiger partial charge in [-0.2, -0.15) is 0 Å². The standard InChI is InChI=1S/C5H6ClNS.C5H7NOS.Cl2OS/c1-4-3-8-5(2-6)7-4;1-4-3-8-5(2-7)6-4;1-4(2)3/h3H,2H2,1H3;3,7H,2H2,1H3;. The van der Waals surface area contributed by atoms with Gasteiger partial charge in [0.05, 0.1) is 12.5 Å². The molecule has 0 saturated carbocycles. The van der Waals surface area contributed by atoms with Gasteiger partial charge in [0.15, 0.2) is 0 Å². The number of aromatic nitrogens is 2. The third kappa shape index (κ3) is 11.0. The summed E-state index contributed by atoms with van der Waals surface area (Å²) in [4.78, 5) is 8.11. The average molecular weight is 396 g/mol. The van der Waals surface area contributed by atoms with Gasteiger partial charge in [0, 0.05) is 43.5 Å². The first-order valence-corrected chi connectivity index (χ1v) is 10.2. The van der Waals surface area contributed by atoms with Crippen LogP contribution in [0.25, 0.3) is 0 Å². The summed E-state index contributed by atoms with van der Waals surface area (Å²) >= 11 is 8.58. The maximum Gasteiger partial charge on any atom is 0.211 e. The van der Waals surface area contributed by atoms with E-state index >= 15 is 0 Å². The second-order valence-corrected chi connectivity index (χ2v) is 7.92. The van der Waals surface area contributed by atoms with E-state index in [1.807, 2.05) is 24.6 Å². The first-order chi connectivity index (χ1) is 9.38. The van der Waals surface area contributed by atoms with Crippen molar-refractivity contribution in [2.24, 2.45) is 0 Å². The summed E-state index contributed by atoms with van der Waals surface area (Å²) in [5.41, 5.74) is 2.05. The normalized spacial score (nSPS) is 9.55. The summed E-state index contributed by atoms with van der Waals surface area (Å²) in [6, 6.07) is 0. The number of nitrogens with zero attached hydrogens (tertiary/aromatic N) is 2. The maximum atomic E-state index is 9.09. The topological polar surface area (TPSA) is 63.1 Å². The molecule has 114 valence electrons. The molecule has 2 aromatic rings. The van der Waals surface area contributed by atoms with Crippen LogP contribution in [0.15, 0.2) is 10.8 Å². The summed E-state index contributed by atoms with van der Waals surface area (Å²) in [5.74, 6) is 0.540. The SMILES string of the molecule is Cc1csc(CCl)n1.Cc1csc(CO)n1.O=S(Cl)Cl. The number of hydrogen-bond donors (Lipinski definition) is 1. The third-order valence-electron chi connectivity index (χ3n) is 1.58. The van der Waals surface area contributed by atoms with Gasteiger partial charge in [0.25, 0.3) is 0 Å². The lowest BCUT2D eigenvalue weighted by Gasteiger charge is -1.79. The van der Waals surface area contributed by atoms with E-state index in [1.165, 1.54) is 11.3 Å². The molecule has 0 spiro atoms. The average Bonchev–Trinajstić information content (AvgIpc) is 2.97.